The molecule has 0 amide bonds. The zero-order valence-electron chi connectivity index (χ0n) is 11.8. The lowest BCUT2D eigenvalue weighted by Crippen LogP contribution is -2.17. The molecule has 1 atom stereocenters. The van der Waals surface area contributed by atoms with Crippen LogP contribution in [0.5, 0.6) is 0 Å². The Kier molecular flexibility index (Phi) is 5.84. The van der Waals surface area contributed by atoms with Crippen LogP contribution in [0.4, 0.5) is 0 Å². The monoisotopic (exact) mass is 327 g/mol. The molecule has 1 unspecified atom stereocenters. The largest absolute Gasteiger partial charge is 0.310 e. The summed E-state index contributed by atoms with van der Waals surface area (Å²) < 4.78 is 5.23. The normalized spacial score (nSPS) is 12.6. The average molecular weight is 328 g/mol. The fourth-order valence-electron chi connectivity index (χ4n) is 1.81. The van der Waals surface area contributed by atoms with Gasteiger partial charge in [0.1, 0.15) is 5.82 Å². The molecule has 1 aromatic heterocycles. The smallest absolute Gasteiger partial charge is 0.174 e. The van der Waals surface area contributed by atoms with Crippen molar-refractivity contribution in [1.82, 2.24) is 14.7 Å². The molecule has 108 valence electrons. The molecule has 2 rings (SSSR count). The van der Waals surface area contributed by atoms with Gasteiger partial charge in [-0.1, -0.05) is 43.3 Å². The second kappa shape index (κ2) is 7.41. The molecule has 0 spiro atoms. The third kappa shape index (κ3) is 3.95. The Bertz CT molecular complexity index is 571. The molecule has 2 aromatic rings. The Morgan fingerprint density at radius 2 is 2.20 bits per heavy atom. The molecule has 6 heteroatoms. The fourth-order valence-corrected chi connectivity index (χ4v) is 3.78. The maximum Gasteiger partial charge on any atom is 0.174 e. The van der Waals surface area contributed by atoms with Crippen LogP contribution >= 0.6 is 34.9 Å². The number of aromatic nitrogens is 2. The lowest BCUT2D eigenvalue weighted by Gasteiger charge is -2.13. The standard InChI is InChI=1S/C14H18ClN3S2/c1-4-13-17-14(20-18-13)19-12-7-6-10(8-11(12)15)9(3)16-5-2/h6-9,16H,4-5H2,1-3H3. The van der Waals surface area contributed by atoms with Gasteiger partial charge in [0.25, 0.3) is 0 Å². The van der Waals surface area contributed by atoms with E-state index in [0.717, 1.165) is 33.0 Å². The summed E-state index contributed by atoms with van der Waals surface area (Å²) in [5.74, 6) is 0.894. The van der Waals surface area contributed by atoms with Crippen molar-refractivity contribution in [3.05, 3.63) is 34.6 Å². The third-order valence-corrected chi connectivity index (χ3v) is 5.22. The minimum absolute atomic E-state index is 0.310. The highest BCUT2D eigenvalue weighted by Gasteiger charge is 2.10. The molecule has 0 saturated heterocycles. The van der Waals surface area contributed by atoms with Crippen LogP contribution in [-0.4, -0.2) is 15.9 Å². The van der Waals surface area contributed by atoms with E-state index in [2.05, 4.69) is 47.6 Å². The summed E-state index contributed by atoms with van der Waals surface area (Å²) in [5, 5.41) is 4.15. The van der Waals surface area contributed by atoms with E-state index in [4.69, 9.17) is 11.6 Å². The van der Waals surface area contributed by atoms with E-state index in [1.807, 2.05) is 6.07 Å². The molecule has 1 heterocycles. The molecule has 1 aromatic carbocycles. The molecule has 20 heavy (non-hydrogen) atoms. The molecule has 0 aliphatic carbocycles. The third-order valence-electron chi connectivity index (χ3n) is 2.93. The summed E-state index contributed by atoms with van der Waals surface area (Å²) in [5.41, 5.74) is 1.20. The minimum Gasteiger partial charge on any atom is -0.310 e. The van der Waals surface area contributed by atoms with E-state index in [0.29, 0.717) is 6.04 Å². The lowest BCUT2D eigenvalue weighted by atomic mass is 10.1. The van der Waals surface area contributed by atoms with Gasteiger partial charge in [-0.05, 0) is 42.7 Å². The predicted molar refractivity (Wildman–Crippen MR) is 87.0 cm³/mol. The Morgan fingerprint density at radius 1 is 1.40 bits per heavy atom. The van der Waals surface area contributed by atoms with Crippen molar-refractivity contribution in [2.75, 3.05) is 6.54 Å². The summed E-state index contributed by atoms with van der Waals surface area (Å²) in [6.07, 6.45) is 0.865. The van der Waals surface area contributed by atoms with E-state index >= 15 is 0 Å². The first-order valence-corrected chi connectivity index (χ1v) is 8.64. The Labute approximate surface area is 133 Å². The first kappa shape index (κ1) is 15.8. The van der Waals surface area contributed by atoms with Gasteiger partial charge in [-0.25, -0.2) is 4.98 Å². The highest BCUT2D eigenvalue weighted by Crippen LogP contribution is 2.35. The van der Waals surface area contributed by atoms with E-state index < -0.39 is 0 Å². The maximum atomic E-state index is 6.37. The van der Waals surface area contributed by atoms with Crippen molar-refractivity contribution in [2.45, 2.75) is 42.5 Å². The van der Waals surface area contributed by atoms with Crippen LogP contribution in [0.3, 0.4) is 0 Å². The number of hydrogen-bond donors (Lipinski definition) is 1. The van der Waals surface area contributed by atoms with Gasteiger partial charge < -0.3 is 5.32 Å². The van der Waals surface area contributed by atoms with Gasteiger partial charge in [0.2, 0.25) is 0 Å². The summed E-state index contributed by atoms with van der Waals surface area (Å²) >= 11 is 9.38. The summed E-state index contributed by atoms with van der Waals surface area (Å²) in [6, 6.07) is 6.51. The molecule has 3 nitrogen and oxygen atoms in total. The van der Waals surface area contributed by atoms with E-state index in [9.17, 15) is 0 Å². The second-order valence-corrected chi connectivity index (χ2v) is 6.85. The van der Waals surface area contributed by atoms with Crippen LogP contribution < -0.4 is 5.32 Å². The Hall–Kier alpha value is -0.620. The first-order valence-electron chi connectivity index (χ1n) is 6.67. The number of benzene rings is 1. The highest BCUT2D eigenvalue weighted by atomic mass is 35.5. The minimum atomic E-state index is 0.310. The van der Waals surface area contributed by atoms with Crippen LogP contribution in [0, 0.1) is 0 Å². The van der Waals surface area contributed by atoms with Gasteiger partial charge in [0.15, 0.2) is 4.34 Å². The lowest BCUT2D eigenvalue weighted by molar-refractivity contribution is 0.598. The van der Waals surface area contributed by atoms with Crippen molar-refractivity contribution in [3.63, 3.8) is 0 Å². The number of halogens is 1. The van der Waals surface area contributed by atoms with Crippen LogP contribution in [0.1, 0.15) is 38.2 Å². The first-order chi connectivity index (χ1) is 9.63. The SMILES string of the molecule is CCNC(C)c1ccc(Sc2nc(CC)ns2)c(Cl)c1. The molecule has 0 saturated carbocycles. The van der Waals surface area contributed by atoms with Crippen LogP contribution in [-0.2, 0) is 6.42 Å². The molecule has 0 aliphatic heterocycles. The van der Waals surface area contributed by atoms with Gasteiger partial charge in [0, 0.05) is 17.4 Å². The van der Waals surface area contributed by atoms with Crippen molar-refractivity contribution >= 4 is 34.9 Å². The summed E-state index contributed by atoms with van der Waals surface area (Å²) in [4.78, 5) is 5.48. The Morgan fingerprint density at radius 3 is 2.80 bits per heavy atom. The van der Waals surface area contributed by atoms with Gasteiger partial charge in [0.05, 0.1) is 5.02 Å². The van der Waals surface area contributed by atoms with Crippen LogP contribution in [0.25, 0.3) is 0 Å². The number of nitrogens with zero attached hydrogens (tertiary/aromatic N) is 2. The van der Waals surface area contributed by atoms with Crippen molar-refractivity contribution in [3.8, 4) is 0 Å². The quantitative estimate of drug-likeness (QED) is 0.843. The molecule has 0 fully saturated rings. The van der Waals surface area contributed by atoms with Gasteiger partial charge in [-0.2, -0.15) is 4.37 Å². The van der Waals surface area contributed by atoms with Gasteiger partial charge in [-0.3, -0.25) is 0 Å². The second-order valence-electron chi connectivity index (χ2n) is 4.40. The molecule has 0 bridgehead atoms. The van der Waals surface area contributed by atoms with Gasteiger partial charge >= 0.3 is 0 Å². The zero-order chi connectivity index (χ0) is 14.5. The molecular formula is C14H18ClN3S2. The predicted octanol–water partition coefficient (Wildman–Crippen LogP) is 4.58. The highest BCUT2D eigenvalue weighted by molar-refractivity contribution is 8.01. The molecule has 0 radical (unpaired) electrons. The van der Waals surface area contributed by atoms with Crippen LogP contribution in [0.15, 0.2) is 27.4 Å². The number of nitrogens with one attached hydrogen (secondary N) is 1. The van der Waals surface area contributed by atoms with Crippen molar-refractivity contribution in [1.29, 1.82) is 0 Å². The van der Waals surface area contributed by atoms with E-state index in [-0.39, 0.29) is 0 Å². The van der Waals surface area contributed by atoms with E-state index in [1.165, 1.54) is 17.1 Å². The molecule has 0 aliphatic rings. The molecule has 1 N–H and O–H groups in total. The van der Waals surface area contributed by atoms with Crippen molar-refractivity contribution < 1.29 is 0 Å². The Balaban J connectivity index is 2.13. The number of rotatable bonds is 6. The number of hydrogen-bond acceptors (Lipinski definition) is 5. The summed E-state index contributed by atoms with van der Waals surface area (Å²) in [6.45, 7) is 7.24. The number of aryl methyl sites for hydroxylation is 1. The zero-order valence-corrected chi connectivity index (χ0v) is 14.2. The maximum absolute atomic E-state index is 6.37. The van der Waals surface area contributed by atoms with E-state index in [1.54, 1.807) is 11.8 Å². The summed E-state index contributed by atoms with van der Waals surface area (Å²) in [7, 11) is 0. The molecular weight excluding hydrogens is 310 g/mol. The fraction of sp³-hybridized carbons (Fsp3) is 0.429. The average Bonchev–Trinajstić information content (AvgIpc) is 2.89. The topological polar surface area (TPSA) is 37.8 Å². The van der Waals surface area contributed by atoms with Gasteiger partial charge in [-0.15, -0.1) is 0 Å². The van der Waals surface area contributed by atoms with Crippen LogP contribution in [0.2, 0.25) is 5.02 Å². The van der Waals surface area contributed by atoms with Crippen molar-refractivity contribution in [2.24, 2.45) is 0 Å².